The summed E-state index contributed by atoms with van der Waals surface area (Å²) in [6, 6.07) is 26.2. The molecule has 8 heteroatoms. The highest BCUT2D eigenvalue weighted by molar-refractivity contribution is 5.79. The number of ether oxygens (including phenoxy) is 1. The van der Waals surface area contributed by atoms with Crippen molar-refractivity contribution in [3.8, 4) is 5.75 Å². The lowest BCUT2D eigenvalue weighted by atomic mass is 10.1. The van der Waals surface area contributed by atoms with Gasteiger partial charge in [0.15, 0.2) is 5.82 Å². The zero-order chi connectivity index (χ0) is 26.5. The van der Waals surface area contributed by atoms with Crippen LogP contribution in [-0.4, -0.2) is 37.2 Å². The summed E-state index contributed by atoms with van der Waals surface area (Å²) in [7, 11) is 1.66. The summed E-state index contributed by atoms with van der Waals surface area (Å²) in [5.74, 6) is 1.58. The van der Waals surface area contributed by atoms with E-state index in [1.54, 1.807) is 7.11 Å². The number of tetrazole rings is 1. The van der Waals surface area contributed by atoms with Gasteiger partial charge in [-0.15, -0.1) is 5.10 Å². The zero-order valence-electron chi connectivity index (χ0n) is 22.0. The van der Waals surface area contributed by atoms with Gasteiger partial charge in [0.2, 0.25) is 0 Å². The summed E-state index contributed by atoms with van der Waals surface area (Å²) < 4.78 is 7.20. The van der Waals surface area contributed by atoms with Crippen molar-refractivity contribution in [2.24, 2.45) is 0 Å². The second kappa shape index (κ2) is 11.4. The van der Waals surface area contributed by atoms with Crippen LogP contribution in [0.1, 0.15) is 47.5 Å². The smallest absolute Gasteiger partial charge is 0.252 e. The van der Waals surface area contributed by atoms with Crippen molar-refractivity contribution in [1.29, 1.82) is 0 Å². The Morgan fingerprint density at radius 3 is 2.50 bits per heavy atom. The van der Waals surface area contributed by atoms with Gasteiger partial charge in [0, 0.05) is 24.2 Å². The maximum atomic E-state index is 13.2. The first-order valence-corrected chi connectivity index (χ1v) is 12.8. The molecule has 3 aromatic carbocycles. The van der Waals surface area contributed by atoms with Gasteiger partial charge in [-0.25, -0.2) is 4.68 Å². The fraction of sp³-hybridized carbons (Fsp3) is 0.267. The molecule has 0 radical (unpaired) electrons. The van der Waals surface area contributed by atoms with Crippen molar-refractivity contribution >= 4 is 10.9 Å². The van der Waals surface area contributed by atoms with Crippen LogP contribution in [0.3, 0.4) is 0 Å². The lowest BCUT2D eigenvalue weighted by molar-refractivity contribution is 0.161. The molecular formula is C30H32N6O2. The van der Waals surface area contributed by atoms with Gasteiger partial charge in [0.25, 0.3) is 5.56 Å². The number of nitrogens with zero attached hydrogens (tertiary/aromatic N) is 5. The molecule has 38 heavy (non-hydrogen) atoms. The molecular weight excluding hydrogens is 476 g/mol. The number of fused-ring (bicyclic) bond motifs is 1. The van der Waals surface area contributed by atoms with E-state index in [2.05, 4.69) is 68.7 Å². The number of aryl methyl sites for hydroxylation is 1. The van der Waals surface area contributed by atoms with E-state index in [0.29, 0.717) is 25.2 Å². The number of pyridine rings is 1. The molecule has 0 bridgehead atoms. The third-order valence-corrected chi connectivity index (χ3v) is 6.86. The van der Waals surface area contributed by atoms with Crippen molar-refractivity contribution in [3.63, 3.8) is 0 Å². The van der Waals surface area contributed by atoms with Crippen LogP contribution >= 0.6 is 0 Å². The topological polar surface area (TPSA) is 88.9 Å². The van der Waals surface area contributed by atoms with Gasteiger partial charge in [0.1, 0.15) is 5.75 Å². The molecule has 1 atom stereocenters. The lowest BCUT2D eigenvalue weighted by Crippen LogP contribution is -2.32. The van der Waals surface area contributed by atoms with Gasteiger partial charge < -0.3 is 9.72 Å². The molecule has 0 saturated carbocycles. The molecule has 1 N–H and O–H groups in total. The number of hydrogen-bond donors (Lipinski definition) is 1. The summed E-state index contributed by atoms with van der Waals surface area (Å²) in [6.07, 6.45) is 0.774. The van der Waals surface area contributed by atoms with Gasteiger partial charge >= 0.3 is 0 Å². The van der Waals surface area contributed by atoms with Crippen molar-refractivity contribution < 1.29 is 4.74 Å². The maximum Gasteiger partial charge on any atom is 0.252 e. The Bertz CT molecular complexity index is 1560. The number of nitrogens with one attached hydrogen (secondary N) is 1. The molecule has 0 spiro atoms. The standard InChI is InChI=1S/C30H32N6O2/c1-4-28(29-32-33-34-36(29)19-22-8-6-5-7-9-22)35(18-23-11-14-26(38-3)15-12-23)20-25-17-24-13-10-21(2)16-27(24)31-30(25)37/h5-17,28H,4,18-20H2,1-3H3,(H,31,37). The fourth-order valence-electron chi connectivity index (χ4n) is 4.86. The fourth-order valence-corrected chi connectivity index (χ4v) is 4.86. The molecule has 5 rings (SSSR count). The Kier molecular flexibility index (Phi) is 7.60. The van der Waals surface area contributed by atoms with Crippen LogP contribution < -0.4 is 10.3 Å². The predicted octanol–water partition coefficient (Wildman–Crippen LogP) is 5.03. The molecule has 0 amide bonds. The van der Waals surface area contributed by atoms with Crippen LogP contribution in [0.15, 0.2) is 83.7 Å². The van der Waals surface area contributed by atoms with Crippen LogP contribution in [0.5, 0.6) is 5.75 Å². The van der Waals surface area contributed by atoms with Gasteiger partial charge in [0.05, 0.1) is 19.7 Å². The van der Waals surface area contributed by atoms with Gasteiger partial charge in [-0.2, -0.15) is 0 Å². The molecule has 194 valence electrons. The van der Waals surface area contributed by atoms with E-state index in [0.717, 1.165) is 45.6 Å². The maximum absolute atomic E-state index is 13.2. The normalized spacial score (nSPS) is 12.2. The SMILES string of the molecule is CCC(c1nnnn1Cc1ccccc1)N(Cc1ccc(OC)cc1)Cc1cc2ccc(C)cc2[nH]c1=O. The van der Waals surface area contributed by atoms with Crippen LogP contribution in [0.4, 0.5) is 0 Å². The minimum Gasteiger partial charge on any atom is -0.497 e. The molecule has 0 aliphatic rings. The van der Waals surface area contributed by atoms with Crippen LogP contribution in [0.25, 0.3) is 10.9 Å². The number of methoxy groups -OCH3 is 1. The third-order valence-electron chi connectivity index (χ3n) is 6.86. The van der Waals surface area contributed by atoms with Crippen LogP contribution in [0.2, 0.25) is 0 Å². The summed E-state index contributed by atoms with van der Waals surface area (Å²) >= 11 is 0. The Morgan fingerprint density at radius 1 is 0.974 bits per heavy atom. The number of aromatic nitrogens is 5. The molecule has 5 aromatic rings. The van der Waals surface area contributed by atoms with Crippen molar-refractivity contribution in [2.75, 3.05) is 7.11 Å². The Balaban J connectivity index is 1.51. The van der Waals surface area contributed by atoms with Crippen molar-refractivity contribution in [1.82, 2.24) is 30.1 Å². The summed E-state index contributed by atoms with van der Waals surface area (Å²) in [4.78, 5) is 18.5. The molecule has 0 saturated heterocycles. The van der Waals surface area contributed by atoms with Crippen molar-refractivity contribution in [2.45, 2.75) is 45.9 Å². The number of rotatable bonds is 10. The van der Waals surface area contributed by atoms with Gasteiger partial charge in [-0.1, -0.05) is 61.5 Å². The second-order valence-corrected chi connectivity index (χ2v) is 9.57. The van der Waals surface area contributed by atoms with Gasteiger partial charge in [-0.3, -0.25) is 9.69 Å². The molecule has 0 fully saturated rings. The zero-order valence-corrected chi connectivity index (χ0v) is 22.0. The molecule has 8 nitrogen and oxygen atoms in total. The van der Waals surface area contributed by atoms with Crippen LogP contribution in [-0.2, 0) is 19.6 Å². The number of benzene rings is 3. The Hall–Kier alpha value is -4.30. The summed E-state index contributed by atoms with van der Waals surface area (Å²) in [6.45, 7) is 5.79. The van der Waals surface area contributed by atoms with Crippen LogP contribution in [0, 0.1) is 6.92 Å². The van der Waals surface area contributed by atoms with E-state index in [1.807, 2.05) is 54.1 Å². The Morgan fingerprint density at radius 2 is 1.76 bits per heavy atom. The highest BCUT2D eigenvalue weighted by Crippen LogP contribution is 2.27. The van der Waals surface area contributed by atoms with Crippen molar-refractivity contribution in [3.05, 3.63) is 117 Å². The van der Waals surface area contributed by atoms with E-state index in [9.17, 15) is 4.79 Å². The second-order valence-electron chi connectivity index (χ2n) is 9.57. The van der Waals surface area contributed by atoms with E-state index >= 15 is 0 Å². The Labute approximate surface area is 221 Å². The summed E-state index contributed by atoms with van der Waals surface area (Å²) in [5.41, 5.74) is 4.81. The monoisotopic (exact) mass is 508 g/mol. The molecule has 0 aliphatic heterocycles. The lowest BCUT2D eigenvalue weighted by Gasteiger charge is -2.30. The molecule has 1 unspecified atom stereocenters. The minimum absolute atomic E-state index is 0.0819. The highest BCUT2D eigenvalue weighted by Gasteiger charge is 2.26. The highest BCUT2D eigenvalue weighted by atomic mass is 16.5. The van der Waals surface area contributed by atoms with E-state index in [4.69, 9.17) is 4.74 Å². The molecule has 2 heterocycles. The number of H-pyrrole nitrogens is 1. The average Bonchev–Trinajstić information content (AvgIpc) is 3.38. The largest absolute Gasteiger partial charge is 0.497 e. The molecule has 2 aromatic heterocycles. The first-order chi connectivity index (χ1) is 18.5. The first kappa shape index (κ1) is 25.4. The van der Waals surface area contributed by atoms with E-state index in [-0.39, 0.29) is 11.6 Å². The summed E-state index contributed by atoms with van der Waals surface area (Å²) in [5, 5.41) is 13.8. The van der Waals surface area contributed by atoms with E-state index < -0.39 is 0 Å². The molecule has 0 aliphatic carbocycles. The minimum atomic E-state index is -0.107. The van der Waals surface area contributed by atoms with E-state index in [1.165, 1.54) is 0 Å². The number of aromatic amines is 1. The predicted molar refractivity (Wildman–Crippen MR) is 148 cm³/mol. The quantitative estimate of drug-likeness (QED) is 0.285. The third kappa shape index (κ3) is 5.65. The van der Waals surface area contributed by atoms with Gasteiger partial charge in [-0.05, 0) is 70.1 Å². The first-order valence-electron chi connectivity index (χ1n) is 12.8. The number of hydrogen-bond acceptors (Lipinski definition) is 6. The average molecular weight is 509 g/mol.